The minimum atomic E-state index is -0.128. The molecule has 1 heterocycles. The lowest BCUT2D eigenvalue weighted by atomic mass is 10.1. The van der Waals surface area contributed by atoms with Crippen LogP contribution in [0.3, 0.4) is 0 Å². The molecule has 0 aromatic heterocycles. The Labute approximate surface area is 108 Å². The highest BCUT2D eigenvalue weighted by molar-refractivity contribution is 5.87. The van der Waals surface area contributed by atoms with E-state index in [2.05, 4.69) is 28.5 Å². The predicted octanol–water partition coefficient (Wildman–Crippen LogP) is 1.09. The minimum absolute atomic E-state index is 0.0832. The highest BCUT2D eigenvalue weighted by Crippen LogP contribution is 2.24. The fraction of sp³-hybridized carbons (Fsp3) is 0.500. The van der Waals surface area contributed by atoms with Gasteiger partial charge in [0.2, 0.25) is 5.91 Å². The van der Waals surface area contributed by atoms with Gasteiger partial charge >= 0.3 is 0 Å². The zero-order chi connectivity index (χ0) is 13.1. The molecule has 0 saturated carbocycles. The third kappa shape index (κ3) is 2.82. The van der Waals surface area contributed by atoms with Crippen molar-refractivity contribution >= 4 is 11.6 Å². The van der Waals surface area contributed by atoms with Crippen LogP contribution in [0, 0.1) is 0 Å². The maximum absolute atomic E-state index is 12.0. The van der Waals surface area contributed by atoms with Crippen LogP contribution in [0.5, 0.6) is 0 Å². The number of amides is 1. The van der Waals surface area contributed by atoms with E-state index in [4.69, 9.17) is 0 Å². The Balaban J connectivity index is 1.86. The number of fused-ring (bicyclic) bond motifs is 1. The van der Waals surface area contributed by atoms with E-state index in [-0.39, 0.29) is 11.9 Å². The standard InChI is InChI=1S/C14H21N3O/c1-10(17(2)3)9-15-14(18)13-8-11-6-4-5-7-12(11)16-13/h4-7,10,13,16H,8-9H2,1-3H3,(H,15,18). The molecule has 4 nitrogen and oxygen atoms in total. The summed E-state index contributed by atoms with van der Waals surface area (Å²) < 4.78 is 0. The lowest BCUT2D eigenvalue weighted by Crippen LogP contribution is -2.44. The molecule has 2 N–H and O–H groups in total. The maximum atomic E-state index is 12.0. The second kappa shape index (κ2) is 5.40. The van der Waals surface area contributed by atoms with Crippen molar-refractivity contribution in [3.8, 4) is 0 Å². The molecule has 1 aliphatic heterocycles. The normalized spacial score (nSPS) is 19.2. The molecule has 0 radical (unpaired) electrons. The Hall–Kier alpha value is -1.55. The highest BCUT2D eigenvalue weighted by Gasteiger charge is 2.26. The molecule has 18 heavy (non-hydrogen) atoms. The van der Waals surface area contributed by atoms with Crippen LogP contribution in [0.15, 0.2) is 24.3 Å². The summed E-state index contributed by atoms with van der Waals surface area (Å²) in [6.45, 7) is 2.78. The van der Waals surface area contributed by atoms with E-state index >= 15 is 0 Å². The Bertz CT molecular complexity index is 406. The van der Waals surface area contributed by atoms with E-state index in [1.807, 2.05) is 32.3 Å². The second-order valence-electron chi connectivity index (χ2n) is 5.12. The van der Waals surface area contributed by atoms with E-state index in [0.717, 1.165) is 12.1 Å². The van der Waals surface area contributed by atoms with E-state index in [9.17, 15) is 4.79 Å². The molecular formula is C14H21N3O. The number of nitrogens with zero attached hydrogens (tertiary/aromatic N) is 1. The summed E-state index contributed by atoms with van der Waals surface area (Å²) in [4.78, 5) is 14.1. The fourth-order valence-corrected chi connectivity index (χ4v) is 2.01. The van der Waals surface area contributed by atoms with Crippen molar-refractivity contribution in [2.75, 3.05) is 26.0 Å². The zero-order valence-corrected chi connectivity index (χ0v) is 11.2. The summed E-state index contributed by atoms with van der Waals surface area (Å²) >= 11 is 0. The van der Waals surface area contributed by atoms with Gasteiger partial charge in [-0.05, 0) is 32.6 Å². The lowest BCUT2D eigenvalue weighted by molar-refractivity contribution is -0.121. The Morgan fingerprint density at radius 1 is 1.50 bits per heavy atom. The van der Waals surface area contributed by atoms with Crippen molar-refractivity contribution in [1.29, 1.82) is 0 Å². The van der Waals surface area contributed by atoms with Gasteiger partial charge in [0.1, 0.15) is 6.04 Å². The van der Waals surface area contributed by atoms with Gasteiger partial charge in [-0.2, -0.15) is 0 Å². The number of carbonyl (C=O) groups excluding carboxylic acids is 1. The van der Waals surface area contributed by atoms with Crippen molar-refractivity contribution in [3.63, 3.8) is 0 Å². The molecule has 1 aromatic rings. The molecule has 2 atom stereocenters. The van der Waals surface area contributed by atoms with Crippen LogP contribution >= 0.6 is 0 Å². The van der Waals surface area contributed by atoms with Crippen LogP contribution < -0.4 is 10.6 Å². The quantitative estimate of drug-likeness (QED) is 0.837. The van der Waals surface area contributed by atoms with Crippen molar-refractivity contribution in [2.24, 2.45) is 0 Å². The van der Waals surface area contributed by atoms with Gasteiger partial charge in [0.15, 0.2) is 0 Å². The molecule has 0 saturated heterocycles. The smallest absolute Gasteiger partial charge is 0.242 e. The topological polar surface area (TPSA) is 44.4 Å². The average Bonchev–Trinajstić information content (AvgIpc) is 2.79. The van der Waals surface area contributed by atoms with Crippen LogP contribution in [-0.4, -0.2) is 43.5 Å². The number of carbonyl (C=O) groups is 1. The number of anilines is 1. The lowest BCUT2D eigenvalue weighted by Gasteiger charge is -2.21. The van der Waals surface area contributed by atoms with Gasteiger partial charge in [-0.3, -0.25) is 4.79 Å². The first-order valence-electron chi connectivity index (χ1n) is 6.36. The summed E-state index contributed by atoms with van der Waals surface area (Å²) in [6.07, 6.45) is 0.776. The van der Waals surface area contributed by atoms with E-state index in [0.29, 0.717) is 12.6 Å². The highest BCUT2D eigenvalue weighted by atomic mass is 16.2. The fourth-order valence-electron chi connectivity index (χ4n) is 2.01. The van der Waals surface area contributed by atoms with E-state index < -0.39 is 0 Å². The van der Waals surface area contributed by atoms with Gasteiger partial charge in [0, 0.05) is 24.7 Å². The third-order valence-corrected chi connectivity index (χ3v) is 3.54. The van der Waals surface area contributed by atoms with Crippen molar-refractivity contribution in [1.82, 2.24) is 10.2 Å². The third-order valence-electron chi connectivity index (χ3n) is 3.54. The van der Waals surface area contributed by atoms with Gasteiger partial charge in [-0.25, -0.2) is 0 Å². The molecule has 0 fully saturated rings. The second-order valence-corrected chi connectivity index (χ2v) is 5.12. The Kier molecular flexibility index (Phi) is 3.87. The molecule has 98 valence electrons. The van der Waals surface area contributed by atoms with Gasteiger partial charge in [-0.15, -0.1) is 0 Å². The van der Waals surface area contributed by atoms with Gasteiger partial charge < -0.3 is 15.5 Å². The van der Waals surface area contributed by atoms with Gasteiger partial charge in [-0.1, -0.05) is 18.2 Å². The number of rotatable bonds is 4. The summed E-state index contributed by atoms with van der Waals surface area (Å²) in [5.74, 6) is 0.0832. The maximum Gasteiger partial charge on any atom is 0.242 e. The molecule has 0 bridgehead atoms. The van der Waals surface area contributed by atoms with Crippen LogP contribution in [0.4, 0.5) is 5.69 Å². The van der Waals surface area contributed by atoms with Gasteiger partial charge in [0.05, 0.1) is 0 Å². The van der Waals surface area contributed by atoms with Gasteiger partial charge in [0.25, 0.3) is 0 Å². The minimum Gasteiger partial charge on any atom is -0.373 e. The number of nitrogens with one attached hydrogen (secondary N) is 2. The average molecular weight is 247 g/mol. The number of likely N-dealkylation sites (N-methyl/N-ethyl adjacent to an activating group) is 1. The zero-order valence-electron chi connectivity index (χ0n) is 11.2. The first-order valence-corrected chi connectivity index (χ1v) is 6.36. The predicted molar refractivity (Wildman–Crippen MR) is 73.7 cm³/mol. The molecule has 1 aromatic carbocycles. The first kappa shape index (κ1) is 12.9. The summed E-state index contributed by atoms with van der Waals surface area (Å²) in [6, 6.07) is 8.30. The summed E-state index contributed by atoms with van der Waals surface area (Å²) in [7, 11) is 4.03. The number of benzene rings is 1. The van der Waals surface area contributed by atoms with Crippen molar-refractivity contribution < 1.29 is 4.79 Å². The van der Waals surface area contributed by atoms with Crippen LogP contribution in [-0.2, 0) is 11.2 Å². The Morgan fingerprint density at radius 2 is 2.22 bits per heavy atom. The Morgan fingerprint density at radius 3 is 2.89 bits per heavy atom. The SMILES string of the molecule is CC(CNC(=O)C1Cc2ccccc2N1)N(C)C. The molecule has 0 aliphatic carbocycles. The summed E-state index contributed by atoms with van der Waals surface area (Å²) in [5, 5.41) is 6.26. The number of hydrogen-bond acceptors (Lipinski definition) is 3. The van der Waals surface area contributed by atoms with Crippen LogP contribution in [0.25, 0.3) is 0 Å². The largest absolute Gasteiger partial charge is 0.373 e. The van der Waals surface area contributed by atoms with Crippen molar-refractivity contribution in [2.45, 2.75) is 25.4 Å². The van der Waals surface area contributed by atoms with E-state index in [1.54, 1.807) is 0 Å². The van der Waals surface area contributed by atoms with Crippen LogP contribution in [0.1, 0.15) is 12.5 Å². The molecule has 2 rings (SSSR count). The first-order chi connectivity index (χ1) is 8.58. The molecule has 1 amide bonds. The molecular weight excluding hydrogens is 226 g/mol. The molecule has 1 aliphatic rings. The summed E-state index contributed by atoms with van der Waals surface area (Å²) in [5.41, 5.74) is 2.30. The van der Waals surface area contributed by atoms with Crippen molar-refractivity contribution in [3.05, 3.63) is 29.8 Å². The van der Waals surface area contributed by atoms with Crippen LogP contribution in [0.2, 0.25) is 0 Å². The molecule has 2 unspecified atom stereocenters. The monoisotopic (exact) mass is 247 g/mol. The molecule has 0 spiro atoms. The molecule has 4 heteroatoms. The number of hydrogen-bond donors (Lipinski definition) is 2. The number of para-hydroxylation sites is 1. The van der Waals surface area contributed by atoms with E-state index in [1.165, 1.54) is 5.56 Å².